The Hall–Kier alpha value is -1.65. The molecule has 122 valence electrons. The summed E-state index contributed by atoms with van der Waals surface area (Å²) in [6.07, 6.45) is 2.03. The van der Waals surface area contributed by atoms with Crippen LogP contribution in [0.3, 0.4) is 0 Å². The fourth-order valence-electron chi connectivity index (χ4n) is 3.21. The Labute approximate surface area is 138 Å². The highest BCUT2D eigenvalue weighted by molar-refractivity contribution is 7.91. The lowest BCUT2D eigenvalue weighted by atomic mass is 10.2. The minimum Gasteiger partial charge on any atom is -0.295 e. The maximum Gasteiger partial charge on any atom is 0.179 e. The molecule has 1 heterocycles. The van der Waals surface area contributed by atoms with Crippen molar-refractivity contribution < 1.29 is 8.42 Å². The second-order valence-corrected chi connectivity index (χ2v) is 8.38. The standard InChI is InChI=1S/C19H23NO2S/c1-16-9-11-19(12-10-16)23(21,22)15-18-8-5-13-20(18)14-17-6-3-2-4-7-17/h2-4,6-7,9-12,18H,5,8,13-15H2,1H3. The fraction of sp³-hybridized carbons (Fsp3) is 0.368. The second-order valence-electron chi connectivity index (χ2n) is 6.35. The first kappa shape index (κ1) is 16.2. The molecule has 1 fully saturated rings. The molecule has 0 saturated carbocycles. The molecule has 0 radical (unpaired) electrons. The molecule has 4 heteroatoms. The third-order valence-corrected chi connectivity index (χ3v) is 6.33. The van der Waals surface area contributed by atoms with E-state index >= 15 is 0 Å². The van der Waals surface area contributed by atoms with E-state index < -0.39 is 9.84 Å². The van der Waals surface area contributed by atoms with Gasteiger partial charge in [0.25, 0.3) is 0 Å². The van der Waals surface area contributed by atoms with Gasteiger partial charge in [-0.3, -0.25) is 4.90 Å². The molecule has 1 aliphatic rings. The Morgan fingerprint density at radius 2 is 1.74 bits per heavy atom. The van der Waals surface area contributed by atoms with Gasteiger partial charge in [-0.25, -0.2) is 8.42 Å². The number of nitrogens with zero attached hydrogens (tertiary/aromatic N) is 1. The Balaban J connectivity index is 1.72. The van der Waals surface area contributed by atoms with Crippen LogP contribution in [0.25, 0.3) is 0 Å². The van der Waals surface area contributed by atoms with Gasteiger partial charge in [0.05, 0.1) is 10.6 Å². The second kappa shape index (κ2) is 6.85. The van der Waals surface area contributed by atoms with Gasteiger partial charge in [-0.1, -0.05) is 48.0 Å². The molecule has 0 spiro atoms. The summed E-state index contributed by atoms with van der Waals surface area (Å²) in [5, 5.41) is 0. The van der Waals surface area contributed by atoms with Crippen LogP contribution in [0, 0.1) is 6.92 Å². The van der Waals surface area contributed by atoms with E-state index in [4.69, 9.17) is 0 Å². The molecule has 0 bridgehead atoms. The highest BCUT2D eigenvalue weighted by Crippen LogP contribution is 2.24. The van der Waals surface area contributed by atoms with Gasteiger partial charge in [-0.15, -0.1) is 0 Å². The van der Waals surface area contributed by atoms with Crippen LogP contribution in [0.5, 0.6) is 0 Å². The van der Waals surface area contributed by atoms with Crippen LogP contribution in [0.4, 0.5) is 0 Å². The lowest BCUT2D eigenvalue weighted by molar-refractivity contribution is 0.261. The van der Waals surface area contributed by atoms with Gasteiger partial charge >= 0.3 is 0 Å². The average Bonchev–Trinajstić information content (AvgIpc) is 2.95. The lowest BCUT2D eigenvalue weighted by Crippen LogP contribution is -2.34. The maximum atomic E-state index is 12.7. The predicted octanol–water partition coefficient (Wildman–Crippen LogP) is 3.43. The number of sulfone groups is 1. The van der Waals surface area contributed by atoms with Crippen LogP contribution in [-0.4, -0.2) is 31.7 Å². The number of rotatable bonds is 5. The molecule has 1 unspecified atom stereocenters. The number of hydrogen-bond donors (Lipinski definition) is 0. The van der Waals surface area contributed by atoms with Crippen LogP contribution < -0.4 is 0 Å². The minimum atomic E-state index is -3.23. The average molecular weight is 329 g/mol. The first-order chi connectivity index (χ1) is 11.0. The molecule has 0 aliphatic carbocycles. The molecular formula is C19H23NO2S. The molecule has 3 nitrogen and oxygen atoms in total. The first-order valence-corrected chi connectivity index (χ1v) is 9.77. The van der Waals surface area contributed by atoms with Gasteiger partial charge in [-0.05, 0) is 44.0 Å². The quantitative estimate of drug-likeness (QED) is 0.843. The van der Waals surface area contributed by atoms with Crippen molar-refractivity contribution in [2.24, 2.45) is 0 Å². The van der Waals surface area contributed by atoms with Crippen LogP contribution in [-0.2, 0) is 16.4 Å². The van der Waals surface area contributed by atoms with Gasteiger partial charge in [0.2, 0.25) is 0 Å². The van der Waals surface area contributed by atoms with E-state index in [2.05, 4.69) is 17.0 Å². The summed E-state index contributed by atoms with van der Waals surface area (Å²) < 4.78 is 25.3. The van der Waals surface area contributed by atoms with E-state index in [-0.39, 0.29) is 11.8 Å². The van der Waals surface area contributed by atoms with Crippen molar-refractivity contribution in [1.82, 2.24) is 4.90 Å². The highest BCUT2D eigenvalue weighted by atomic mass is 32.2. The summed E-state index contributed by atoms with van der Waals surface area (Å²) in [6, 6.07) is 17.6. The zero-order valence-corrected chi connectivity index (χ0v) is 14.3. The molecule has 0 aromatic heterocycles. The zero-order valence-electron chi connectivity index (χ0n) is 13.5. The van der Waals surface area contributed by atoms with Gasteiger partial charge in [0.15, 0.2) is 9.84 Å². The highest BCUT2D eigenvalue weighted by Gasteiger charge is 2.29. The van der Waals surface area contributed by atoms with E-state index in [0.29, 0.717) is 4.90 Å². The SMILES string of the molecule is Cc1ccc(S(=O)(=O)CC2CCCN2Cc2ccccc2)cc1. The summed E-state index contributed by atoms with van der Waals surface area (Å²) in [7, 11) is -3.23. The number of hydrogen-bond acceptors (Lipinski definition) is 3. The lowest BCUT2D eigenvalue weighted by Gasteiger charge is -2.24. The summed E-state index contributed by atoms with van der Waals surface area (Å²) in [4.78, 5) is 2.75. The minimum absolute atomic E-state index is 0.113. The summed E-state index contributed by atoms with van der Waals surface area (Å²) in [5.41, 5.74) is 2.32. The van der Waals surface area contributed by atoms with E-state index in [1.165, 1.54) is 5.56 Å². The van der Waals surface area contributed by atoms with Crippen LogP contribution in [0.15, 0.2) is 59.5 Å². The van der Waals surface area contributed by atoms with Crippen molar-refractivity contribution in [2.45, 2.75) is 37.2 Å². The molecule has 0 amide bonds. The Bertz CT molecular complexity index is 739. The number of benzene rings is 2. The topological polar surface area (TPSA) is 37.4 Å². The van der Waals surface area contributed by atoms with E-state index in [1.807, 2.05) is 37.3 Å². The maximum absolute atomic E-state index is 12.7. The van der Waals surface area contributed by atoms with Crippen LogP contribution in [0.1, 0.15) is 24.0 Å². The van der Waals surface area contributed by atoms with Crippen molar-refractivity contribution in [3.63, 3.8) is 0 Å². The largest absolute Gasteiger partial charge is 0.295 e. The molecular weight excluding hydrogens is 306 g/mol. The Kier molecular flexibility index (Phi) is 4.83. The van der Waals surface area contributed by atoms with Gasteiger partial charge in [0.1, 0.15) is 0 Å². The molecule has 1 atom stereocenters. The van der Waals surface area contributed by atoms with Crippen molar-refractivity contribution in [2.75, 3.05) is 12.3 Å². The fourth-order valence-corrected chi connectivity index (χ4v) is 4.83. The molecule has 1 aliphatic heterocycles. The third kappa shape index (κ3) is 4.01. The summed E-state index contributed by atoms with van der Waals surface area (Å²) >= 11 is 0. The van der Waals surface area contributed by atoms with Crippen molar-refractivity contribution >= 4 is 9.84 Å². The molecule has 23 heavy (non-hydrogen) atoms. The van der Waals surface area contributed by atoms with E-state index in [9.17, 15) is 8.42 Å². The predicted molar refractivity (Wildman–Crippen MR) is 93.1 cm³/mol. The number of aryl methyl sites for hydroxylation is 1. The van der Waals surface area contributed by atoms with Crippen molar-refractivity contribution in [3.8, 4) is 0 Å². The first-order valence-electron chi connectivity index (χ1n) is 8.12. The van der Waals surface area contributed by atoms with Crippen LogP contribution in [0.2, 0.25) is 0 Å². The zero-order chi connectivity index (χ0) is 16.3. The summed E-state index contributed by atoms with van der Waals surface area (Å²) in [5.74, 6) is 0.211. The Morgan fingerprint density at radius 3 is 2.43 bits per heavy atom. The van der Waals surface area contributed by atoms with Gasteiger partial charge < -0.3 is 0 Å². The van der Waals surface area contributed by atoms with Crippen molar-refractivity contribution in [3.05, 3.63) is 65.7 Å². The Morgan fingerprint density at radius 1 is 1.04 bits per heavy atom. The third-order valence-electron chi connectivity index (χ3n) is 4.52. The molecule has 3 rings (SSSR count). The molecule has 2 aromatic rings. The molecule has 2 aromatic carbocycles. The van der Waals surface area contributed by atoms with Crippen molar-refractivity contribution in [1.29, 1.82) is 0 Å². The van der Waals surface area contributed by atoms with Gasteiger partial charge in [0, 0.05) is 12.6 Å². The van der Waals surface area contributed by atoms with Gasteiger partial charge in [-0.2, -0.15) is 0 Å². The van der Waals surface area contributed by atoms with Crippen LogP contribution >= 0.6 is 0 Å². The normalized spacial score (nSPS) is 19.1. The smallest absolute Gasteiger partial charge is 0.179 e. The van der Waals surface area contributed by atoms with E-state index in [0.717, 1.165) is 31.5 Å². The molecule has 0 N–H and O–H groups in total. The number of likely N-dealkylation sites (tertiary alicyclic amines) is 1. The molecule has 1 saturated heterocycles. The monoisotopic (exact) mass is 329 g/mol. The summed E-state index contributed by atoms with van der Waals surface area (Å²) in [6.45, 7) is 3.77. The van der Waals surface area contributed by atoms with E-state index in [1.54, 1.807) is 12.1 Å².